The summed E-state index contributed by atoms with van der Waals surface area (Å²) in [5.41, 5.74) is 0. The van der Waals surface area contributed by atoms with E-state index < -0.39 is 5.82 Å². The molecule has 0 unspecified atom stereocenters. The number of hydrogen-bond acceptors (Lipinski definition) is 4. The first kappa shape index (κ1) is 15.9. The third-order valence-corrected chi connectivity index (χ3v) is 3.71. The number of nitrogens with one attached hydrogen (secondary N) is 1. The van der Waals surface area contributed by atoms with Crippen LogP contribution in [-0.2, 0) is 9.59 Å². The Morgan fingerprint density at radius 3 is 2.67 bits per heavy atom. The molecule has 0 saturated carbocycles. The number of amides is 2. The second-order valence-corrected chi connectivity index (χ2v) is 5.42. The van der Waals surface area contributed by atoms with E-state index in [4.69, 9.17) is 4.74 Å². The molecule has 24 heavy (non-hydrogen) atoms. The van der Waals surface area contributed by atoms with Crippen LogP contribution in [0.5, 0.6) is 5.75 Å². The molecule has 7 heteroatoms. The minimum Gasteiger partial charge on any atom is -0.481 e. The Labute approximate surface area is 138 Å². The van der Waals surface area contributed by atoms with Gasteiger partial charge in [-0.25, -0.2) is 9.37 Å². The molecule has 0 atom stereocenters. The highest BCUT2D eigenvalue weighted by Crippen LogP contribution is 2.19. The van der Waals surface area contributed by atoms with Crippen molar-refractivity contribution in [2.45, 2.75) is 0 Å². The number of rotatable bonds is 5. The number of carbonyl (C=O) groups excluding carboxylic acids is 2. The smallest absolute Gasteiger partial charge is 0.260 e. The second-order valence-electron chi connectivity index (χ2n) is 5.42. The molecule has 0 spiro atoms. The van der Waals surface area contributed by atoms with Gasteiger partial charge in [0.15, 0.2) is 18.2 Å². The van der Waals surface area contributed by atoms with Gasteiger partial charge in [0.05, 0.1) is 5.92 Å². The van der Waals surface area contributed by atoms with Gasteiger partial charge in [-0.3, -0.25) is 9.59 Å². The molecule has 2 amide bonds. The quantitative estimate of drug-likeness (QED) is 0.906. The van der Waals surface area contributed by atoms with Gasteiger partial charge in [-0.15, -0.1) is 0 Å². The molecule has 1 aromatic carbocycles. The summed E-state index contributed by atoms with van der Waals surface area (Å²) in [6.07, 6.45) is 1.59. The average molecular weight is 329 g/mol. The van der Waals surface area contributed by atoms with Gasteiger partial charge < -0.3 is 15.0 Å². The number of nitrogens with zero attached hydrogens (tertiary/aromatic N) is 2. The van der Waals surface area contributed by atoms with Crippen LogP contribution in [0.15, 0.2) is 48.7 Å². The van der Waals surface area contributed by atoms with Crippen LogP contribution >= 0.6 is 0 Å². The Kier molecular flexibility index (Phi) is 4.69. The van der Waals surface area contributed by atoms with E-state index in [1.54, 1.807) is 36.5 Å². The minimum absolute atomic E-state index is 0.0378. The molecule has 1 aromatic heterocycles. The molecular weight excluding hydrogens is 313 g/mol. The molecule has 0 aliphatic carbocycles. The van der Waals surface area contributed by atoms with E-state index in [-0.39, 0.29) is 30.1 Å². The van der Waals surface area contributed by atoms with Gasteiger partial charge in [-0.1, -0.05) is 18.2 Å². The van der Waals surface area contributed by atoms with E-state index in [1.807, 2.05) is 0 Å². The lowest BCUT2D eigenvalue weighted by Gasteiger charge is -2.37. The largest absolute Gasteiger partial charge is 0.481 e. The van der Waals surface area contributed by atoms with Gasteiger partial charge in [0.1, 0.15) is 5.82 Å². The van der Waals surface area contributed by atoms with Crippen molar-refractivity contribution >= 4 is 17.6 Å². The van der Waals surface area contributed by atoms with E-state index in [2.05, 4.69) is 10.3 Å². The molecule has 2 heterocycles. The number of para-hydroxylation sites is 1. The lowest BCUT2D eigenvalue weighted by Crippen LogP contribution is -2.55. The number of likely N-dealkylation sites (tertiary alicyclic amines) is 1. The van der Waals surface area contributed by atoms with Crippen molar-refractivity contribution in [3.63, 3.8) is 0 Å². The standard InChI is InChI=1S/C17H16FN3O3/c18-13-5-1-2-6-14(13)24-11-16(22)21-9-12(10-21)17(23)20-15-7-3-4-8-19-15/h1-8,12H,9-11H2,(H,19,20,23). The summed E-state index contributed by atoms with van der Waals surface area (Å²) in [4.78, 5) is 29.5. The highest BCUT2D eigenvalue weighted by Gasteiger charge is 2.35. The number of halogens is 1. The molecular formula is C17H16FN3O3. The number of hydrogen-bond donors (Lipinski definition) is 1. The molecule has 6 nitrogen and oxygen atoms in total. The lowest BCUT2D eigenvalue weighted by molar-refractivity contribution is -0.143. The van der Waals surface area contributed by atoms with Crippen LogP contribution in [0.25, 0.3) is 0 Å². The zero-order valence-corrected chi connectivity index (χ0v) is 12.8. The van der Waals surface area contributed by atoms with Gasteiger partial charge in [0, 0.05) is 19.3 Å². The van der Waals surface area contributed by atoms with Crippen molar-refractivity contribution in [2.24, 2.45) is 5.92 Å². The van der Waals surface area contributed by atoms with Crippen LogP contribution in [0.3, 0.4) is 0 Å². The Bertz CT molecular complexity index is 733. The fraction of sp³-hybridized carbons (Fsp3) is 0.235. The maximum absolute atomic E-state index is 13.4. The summed E-state index contributed by atoms with van der Waals surface area (Å²) in [7, 11) is 0. The third kappa shape index (κ3) is 3.68. The molecule has 3 rings (SSSR count). The highest BCUT2D eigenvalue weighted by molar-refractivity contribution is 5.94. The number of ether oxygens (including phenoxy) is 1. The van der Waals surface area contributed by atoms with Crippen LogP contribution in [0.2, 0.25) is 0 Å². The summed E-state index contributed by atoms with van der Waals surface area (Å²) in [6, 6.07) is 11.1. The van der Waals surface area contributed by atoms with Gasteiger partial charge >= 0.3 is 0 Å². The van der Waals surface area contributed by atoms with Gasteiger partial charge in [-0.05, 0) is 24.3 Å². The van der Waals surface area contributed by atoms with E-state index in [0.717, 1.165) is 0 Å². The van der Waals surface area contributed by atoms with Crippen molar-refractivity contribution in [1.82, 2.24) is 9.88 Å². The van der Waals surface area contributed by atoms with Crippen LogP contribution in [0.4, 0.5) is 10.2 Å². The Morgan fingerprint density at radius 1 is 1.21 bits per heavy atom. The normalized spacial score (nSPS) is 14.0. The van der Waals surface area contributed by atoms with E-state index in [1.165, 1.54) is 17.0 Å². The van der Waals surface area contributed by atoms with Crippen LogP contribution < -0.4 is 10.1 Å². The zero-order chi connectivity index (χ0) is 16.9. The molecule has 1 saturated heterocycles. The van der Waals surface area contributed by atoms with Gasteiger partial charge in [0.2, 0.25) is 5.91 Å². The number of anilines is 1. The summed E-state index contributed by atoms with van der Waals surface area (Å²) in [5, 5.41) is 2.70. The predicted octanol–water partition coefficient (Wildman–Crippen LogP) is 1.70. The molecule has 1 aliphatic heterocycles. The topological polar surface area (TPSA) is 71.5 Å². The summed E-state index contributed by atoms with van der Waals surface area (Å²) >= 11 is 0. The Hall–Kier alpha value is -2.96. The molecule has 0 radical (unpaired) electrons. The molecule has 1 aliphatic rings. The number of carbonyl (C=O) groups is 2. The van der Waals surface area contributed by atoms with Crippen molar-refractivity contribution in [2.75, 3.05) is 25.0 Å². The van der Waals surface area contributed by atoms with Crippen molar-refractivity contribution < 1.29 is 18.7 Å². The highest BCUT2D eigenvalue weighted by atomic mass is 19.1. The summed E-state index contributed by atoms with van der Waals surface area (Å²) in [5.74, 6) is -0.718. The maximum atomic E-state index is 13.4. The van der Waals surface area contributed by atoms with E-state index >= 15 is 0 Å². The summed E-state index contributed by atoms with van der Waals surface area (Å²) < 4.78 is 18.6. The first-order chi connectivity index (χ1) is 11.6. The van der Waals surface area contributed by atoms with Crippen LogP contribution in [0, 0.1) is 11.7 Å². The van der Waals surface area contributed by atoms with Crippen LogP contribution in [-0.4, -0.2) is 41.4 Å². The van der Waals surface area contributed by atoms with Crippen molar-refractivity contribution in [3.8, 4) is 5.75 Å². The van der Waals surface area contributed by atoms with E-state index in [9.17, 15) is 14.0 Å². The van der Waals surface area contributed by atoms with Gasteiger partial charge in [-0.2, -0.15) is 0 Å². The fourth-order valence-corrected chi connectivity index (χ4v) is 2.31. The SMILES string of the molecule is O=C(Nc1ccccn1)C1CN(C(=O)COc2ccccc2F)C1. The van der Waals surface area contributed by atoms with Gasteiger partial charge in [0.25, 0.3) is 5.91 Å². The Balaban J connectivity index is 1.43. The number of benzene rings is 1. The number of pyridine rings is 1. The fourth-order valence-electron chi connectivity index (χ4n) is 2.31. The second kappa shape index (κ2) is 7.08. The zero-order valence-electron chi connectivity index (χ0n) is 12.8. The monoisotopic (exact) mass is 329 g/mol. The average Bonchev–Trinajstić information content (AvgIpc) is 2.53. The maximum Gasteiger partial charge on any atom is 0.260 e. The number of aromatic nitrogens is 1. The van der Waals surface area contributed by atoms with E-state index in [0.29, 0.717) is 18.9 Å². The molecule has 124 valence electrons. The Morgan fingerprint density at radius 2 is 1.96 bits per heavy atom. The predicted molar refractivity (Wildman–Crippen MR) is 84.8 cm³/mol. The molecule has 0 bridgehead atoms. The van der Waals surface area contributed by atoms with Crippen molar-refractivity contribution in [1.29, 1.82) is 0 Å². The first-order valence-electron chi connectivity index (χ1n) is 7.50. The minimum atomic E-state index is -0.512. The van der Waals surface area contributed by atoms with Crippen LogP contribution in [0.1, 0.15) is 0 Å². The lowest BCUT2D eigenvalue weighted by atomic mass is 9.99. The molecule has 2 aromatic rings. The van der Waals surface area contributed by atoms with Crippen molar-refractivity contribution in [3.05, 3.63) is 54.5 Å². The molecule has 1 N–H and O–H groups in total. The first-order valence-corrected chi connectivity index (χ1v) is 7.50. The third-order valence-electron chi connectivity index (χ3n) is 3.71. The molecule has 1 fully saturated rings. The summed E-state index contributed by atoms with van der Waals surface area (Å²) in [6.45, 7) is 0.381.